The van der Waals surface area contributed by atoms with Gasteiger partial charge in [0.15, 0.2) is 6.10 Å². The second-order valence-electron chi connectivity index (χ2n) is 3.84. The number of carbonyl (C=O) groups is 1. The van der Waals surface area contributed by atoms with Crippen LogP contribution in [0.25, 0.3) is 0 Å². The molecule has 1 rings (SSSR count). The number of allylic oxidation sites excluding steroid dienone is 5. The van der Waals surface area contributed by atoms with E-state index in [0.29, 0.717) is 6.42 Å². The van der Waals surface area contributed by atoms with Crippen LogP contribution in [0.15, 0.2) is 49.1 Å². The van der Waals surface area contributed by atoms with Gasteiger partial charge in [0.1, 0.15) is 6.10 Å². The fourth-order valence-corrected chi connectivity index (χ4v) is 1.65. The van der Waals surface area contributed by atoms with Crippen molar-refractivity contribution < 1.29 is 14.6 Å². The molecule has 0 bridgehead atoms. The molecule has 1 unspecified atom stereocenters. The summed E-state index contributed by atoms with van der Waals surface area (Å²) in [7, 11) is 0. The Bertz CT molecular complexity index is 352. The molecule has 0 saturated carbocycles. The standard InChI is InChI=1S/C14H18O3/c1-3-5-7-9-11(8-6-4-2)13-10-12(15)14(16)17-13/h3-9,11-13,15H,2,10H2,1H3/t11?,12-,13+/m1/s1. The molecule has 0 aromatic rings. The molecule has 0 amide bonds. The van der Waals surface area contributed by atoms with Crippen LogP contribution < -0.4 is 0 Å². The monoisotopic (exact) mass is 234 g/mol. The van der Waals surface area contributed by atoms with Gasteiger partial charge >= 0.3 is 5.97 Å². The molecule has 3 atom stereocenters. The van der Waals surface area contributed by atoms with Crippen LogP contribution in [0.1, 0.15) is 13.3 Å². The fourth-order valence-electron chi connectivity index (χ4n) is 1.65. The van der Waals surface area contributed by atoms with Crippen molar-refractivity contribution in [1.29, 1.82) is 0 Å². The smallest absolute Gasteiger partial charge is 0.335 e. The van der Waals surface area contributed by atoms with Gasteiger partial charge in [-0.15, -0.1) is 0 Å². The average molecular weight is 234 g/mol. The van der Waals surface area contributed by atoms with E-state index in [-0.39, 0.29) is 12.0 Å². The summed E-state index contributed by atoms with van der Waals surface area (Å²) in [5.41, 5.74) is 0. The van der Waals surface area contributed by atoms with E-state index in [1.165, 1.54) is 0 Å². The van der Waals surface area contributed by atoms with E-state index in [1.54, 1.807) is 6.08 Å². The molecule has 0 aliphatic carbocycles. The van der Waals surface area contributed by atoms with Gasteiger partial charge in [0.25, 0.3) is 0 Å². The van der Waals surface area contributed by atoms with Crippen molar-refractivity contribution in [1.82, 2.24) is 0 Å². The molecule has 0 aromatic heterocycles. The highest BCUT2D eigenvalue weighted by atomic mass is 16.6. The molecular formula is C14H18O3. The Morgan fingerprint density at radius 1 is 1.41 bits per heavy atom. The van der Waals surface area contributed by atoms with Crippen LogP contribution in [0.2, 0.25) is 0 Å². The number of rotatable bonds is 5. The van der Waals surface area contributed by atoms with E-state index < -0.39 is 12.1 Å². The summed E-state index contributed by atoms with van der Waals surface area (Å²) in [5, 5.41) is 9.36. The highest BCUT2D eigenvalue weighted by Crippen LogP contribution is 2.24. The van der Waals surface area contributed by atoms with E-state index in [4.69, 9.17) is 4.74 Å². The van der Waals surface area contributed by atoms with Gasteiger partial charge in [-0.2, -0.15) is 0 Å². The molecule has 1 aliphatic heterocycles. The van der Waals surface area contributed by atoms with Crippen molar-refractivity contribution in [2.24, 2.45) is 5.92 Å². The molecule has 0 spiro atoms. The number of hydrogen-bond acceptors (Lipinski definition) is 3. The van der Waals surface area contributed by atoms with E-state index >= 15 is 0 Å². The first-order valence-electron chi connectivity index (χ1n) is 5.66. The third-order valence-electron chi connectivity index (χ3n) is 2.53. The Balaban J connectivity index is 2.72. The van der Waals surface area contributed by atoms with Crippen LogP contribution in [0.3, 0.4) is 0 Å². The second-order valence-corrected chi connectivity index (χ2v) is 3.84. The minimum atomic E-state index is -0.991. The summed E-state index contributed by atoms with van der Waals surface area (Å²) < 4.78 is 5.11. The van der Waals surface area contributed by atoms with Crippen LogP contribution in [0.4, 0.5) is 0 Å². The van der Waals surface area contributed by atoms with Crippen LogP contribution in [0.5, 0.6) is 0 Å². The Hall–Kier alpha value is -1.61. The predicted octanol–water partition coefficient (Wildman–Crippen LogP) is 2.15. The lowest BCUT2D eigenvalue weighted by Crippen LogP contribution is -2.16. The van der Waals surface area contributed by atoms with E-state index in [0.717, 1.165) is 0 Å². The third kappa shape index (κ3) is 4.04. The zero-order valence-electron chi connectivity index (χ0n) is 9.95. The Kier molecular flexibility index (Phi) is 5.43. The highest BCUT2D eigenvalue weighted by Gasteiger charge is 2.35. The molecule has 1 aliphatic rings. The fraction of sp³-hybridized carbons (Fsp3) is 0.357. The summed E-state index contributed by atoms with van der Waals surface area (Å²) in [6.45, 7) is 5.53. The minimum absolute atomic E-state index is 0.0368. The summed E-state index contributed by atoms with van der Waals surface area (Å²) in [4.78, 5) is 11.1. The summed E-state index contributed by atoms with van der Waals surface area (Å²) >= 11 is 0. The van der Waals surface area contributed by atoms with Gasteiger partial charge in [-0.1, -0.05) is 49.1 Å². The van der Waals surface area contributed by atoms with Crippen molar-refractivity contribution in [3.63, 3.8) is 0 Å². The Morgan fingerprint density at radius 3 is 2.65 bits per heavy atom. The lowest BCUT2D eigenvalue weighted by atomic mass is 9.98. The summed E-state index contributed by atoms with van der Waals surface area (Å²) in [6, 6.07) is 0. The summed E-state index contributed by atoms with van der Waals surface area (Å²) in [6.07, 6.45) is 12.1. The van der Waals surface area contributed by atoms with Gasteiger partial charge in [-0.3, -0.25) is 0 Å². The van der Waals surface area contributed by atoms with Crippen molar-refractivity contribution in [3.05, 3.63) is 49.1 Å². The van der Waals surface area contributed by atoms with Gasteiger partial charge in [-0.25, -0.2) is 4.79 Å². The number of hydrogen-bond donors (Lipinski definition) is 1. The maximum absolute atomic E-state index is 11.1. The normalized spacial score (nSPS) is 27.1. The third-order valence-corrected chi connectivity index (χ3v) is 2.53. The van der Waals surface area contributed by atoms with Crippen LogP contribution >= 0.6 is 0 Å². The topological polar surface area (TPSA) is 46.5 Å². The number of ether oxygens (including phenoxy) is 1. The van der Waals surface area contributed by atoms with Gasteiger partial charge in [0.05, 0.1) is 0 Å². The molecular weight excluding hydrogens is 216 g/mol. The number of aliphatic hydroxyl groups excluding tert-OH is 1. The first-order chi connectivity index (χ1) is 8.19. The molecule has 3 nitrogen and oxygen atoms in total. The number of carbonyl (C=O) groups excluding carboxylic acids is 1. The quantitative estimate of drug-likeness (QED) is 0.585. The van der Waals surface area contributed by atoms with Crippen LogP contribution in [-0.4, -0.2) is 23.3 Å². The first kappa shape index (κ1) is 13.5. The molecule has 0 aromatic carbocycles. The maximum atomic E-state index is 11.1. The molecule has 17 heavy (non-hydrogen) atoms. The lowest BCUT2D eigenvalue weighted by molar-refractivity contribution is -0.147. The molecule has 3 heteroatoms. The maximum Gasteiger partial charge on any atom is 0.335 e. The van der Waals surface area contributed by atoms with Crippen molar-refractivity contribution in [2.45, 2.75) is 25.6 Å². The molecule has 1 N–H and O–H groups in total. The van der Waals surface area contributed by atoms with E-state index in [1.807, 2.05) is 43.4 Å². The minimum Gasteiger partial charge on any atom is -0.459 e. The Morgan fingerprint density at radius 2 is 2.12 bits per heavy atom. The second kappa shape index (κ2) is 6.86. The number of cyclic esters (lactones) is 1. The van der Waals surface area contributed by atoms with Gasteiger partial charge in [0.2, 0.25) is 0 Å². The average Bonchev–Trinajstić information content (AvgIpc) is 2.64. The summed E-state index contributed by atoms with van der Waals surface area (Å²) in [5.74, 6) is -0.572. The van der Waals surface area contributed by atoms with Crippen molar-refractivity contribution in [3.8, 4) is 0 Å². The SMILES string of the molecule is C=CC=CC(C=CC=CC)[C@@H]1C[C@@H](O)C(=O)O1. The lowest BCUT2D eigenvalue weighted by Gasteiger charge is -2.14. The van der Waals surface area contributed by atoms with E-state index in [9.17, 15) is 9.90 Å². The zero-order valence-corrected chi connectivity index (χ0v) is 9.95. The number of aliphatic hydroxyl groups is 1. The molecule has 1 saturated heterocycles. The van der Waals surface area contributed by atoms with Gasteiger partial charge in [0, 0.05) is 12.3 Å². The molecule has 1 fully saturated rings. The van der Waals surface area contributed by atoms with Crippen molar-refractivity contribution >= 4 is 5.97 Å². The molecule has 1 heterocycles. The van der Waals surface area contributed by atoms with Crippen molar-refractivity contribution in [2.75, 3.05) is 0 Å². The highest BCUT2D eigenvalue weighted by molar-refractivity contribution is 5.76. The van der Waals surface area contributed by atoms with Crippen LogP contribution in [-0.2, 0) is 9.53 Å². The zero-order chi connectivity index (χ0) is 12.7. The predicted molar refractivity (Wildman–Crippen MR) is 67.3 cm³/mol. The van der Waals surface area contributed by atoms with Crippen LogP contribution in [0, 0.1) is 5.92 Å². The first-order valence-corrected chi connectivity index (χ1v) is 5.66. The molecule has 0 radical (unpaired) electrons. The van der Waals surface area contributed by atoms with E-state index in [2.05, 4.69) is 6.58 Å². The van der Waals surface area contributed by atoms with Gasteiger partial charge < -0.3 is 9.84 Å². The largest absolute Gasteiger partial charge is 0.459 e. The number of esters is 1. The Labute approximate surface area is 102 Å². The van der Waals surface area contributed by atoms with Gasteiger partial charge in [-0.05, 0) is 6.92 Å². The molecule has 92 valence electrons.